The monoisotopic (exact) mass is 367 g/mol. The molecule has 2 aromatic rings. The van der Waals surface area contributed by atoms with Crippen LogP contribution in [0, 0.1) is 5.92 Å². The third-order valence-corrected chi connectivity index (χ3v) is 4.65. The molecule has 142 valence electrons. The van der Waals surface area contributed by atoms with E-state index in [1.54, 1.807) is 11.1 Å². The Hall–Kier alpha value is -2.89. The van der Waals surface area contributed by atoms with Crippen LogP contribution in [0.3, 0.4) is 0 Å². The highest BCUT2D eigenvalue weighted by atomic mass is 16.5. The summed E-state index contributed by atoms with van der Waals surface area (Å²) in [5.74, 6) is 0.725. The van der Waals surface area contributed by atoms with Gasteiger partial charge in [0.25, 0.3) is 0 Å². The fourth-order valence-electron chi connectivity index (χ4n) is 3.14. The minimum atomic E-state index is -0.164. The van der Waals surface area contributed by atoms with E-state index in [0.717, 1.165) is 11.4 Å². The maximum atomic E-state index is 12.4. The van der Waals surface area contributed by atoms with Crippen LogP contribution in [0.15, 0.2) is 54.7 Å². The average molecular weight is 367 g/mol. The van der Waals surface area contributed by atoms with Crippen molar-refractivity contribution in [3.63, 3.8) is 0 Å². The van der Waals surface area contributed by atoms with E-state index in [9.17, 15) is 9.59 Å². The van der Waals surface area contributed by atoms with Gasteiger partial charge in [0, 0.05) is 37.8 Å². The Morgan fingerprint density at radius 1 is 1.19 bits per heavy atom. The van der Waals surface area contributed by atoms with E-state index >= 15 is 0 Å². The molecule has 0 saturated carbocycles. The smallest absolute Gasteiger partial charge is 0.225 e. The maximum absolute atomic E-state index is 12.4. The lowest BCUT2D eigenvalue weighted by molar-refractivity contribution is -0.138. The Kier molecular flexibility index (Phi) is 6.79. The second-order valence-electron chi connectivity index (χ2n) is 6.60. The number of hydrogen-bond donors (Lipinski definition) is 1. The van der Waals surface area contributed by atoms with Gasteiger partial charge in [0.15, 0.2) is 0 Å². The van der Waals surface area contributed by atoms with Gasteiger partial charge in [-0.1, -0.05) is 24.3 Å². The highest BCUT2D eigenvalue weighted by Crippen LogP contribution is 2.18. The molecule has 0 unspecified atom stereocenters. The standard InChI is InChI=1S/C21H25N3O3/c25-20-10-9-17(16-24(20)14-11-18-6-4-5-12-22-18)21(26)23-13-15-27-19-7-2-1-3-8-19/h1-8,12,17H,9-11,13-16H2,(H,23,26)/t17-/m0/s1. The molecule has 0 radical (unpaired) electrons. The zero-order chi connectivity index (χ0) is 18.9. The second kappa shape index (κ2) is 9.71. The number of amides is 2. The largest absolute Gasteiger partial charge is 0.492 e. The third kappa shape index (κ3) is 5.81. The predicted molar refractivity (Wildman–Crippen MR) is 102 cm³/mol. The van der Waals surface area contributed by atoms with Crippen LogP contribution in [0.25, 0.3) is 0 Å². The SMILES string of the molecule is O=C(NCCOc1ccccc1)[C@H]1CCC(=O)N(CCc2ccccn2)C1. The number of carbonyl (C=O) groups excluding carboxylic acids is 2. The van der Waals surface area contributed by atoms with E-state index in [1.165, 1.54) is 0 Å². The van der Waals surface area contributed by atoms with Crippen molar-refractivity contribution in [3.05, 3.63) is 60.4 Å². The van der Waals surface area contributed by atoms with Crippen molar-refractivity contribution in [2.24, 2.45) is 5.92 Å². The summed E-state index contributed by atoms with van der Waals surface area (Å²) in [6.07, 6.45) is 3.47. The van der Waals surface area contributed by atoms with Gasteiger partial charge in [0.05, 0.1) is 12.5 Å². The number of para-hydroxylation sites is 1. The normalized spacial score (nSPS) is 16.8. The predicted octanol–water partition coefficient (Wildman–Crippen LogP) is 2.06. The molecule has 1 aromatic heterocycles. The number of benzene rings is 1. The van der Waals surface area contributed by atoms with Gasteiger partial charge in [-0.25, -0.2) is 0 Å². The molecule has 2 heterocycles. The van der Waals surface area contributed by atoms with Crippen LogP contribution in [0.4, 0.5) is 0 Å². The summed E-state index contributed by atoms with van der Waals surface area (Å²) in [5, 5.41) is 2.92. The molecule has 6 nitrogen and oxygen atoms in total. The van der Waals surface area contributed by atoms with Gasteiger partial charge in [0.1, 0.15) is 12.4 Å². The number of likely N-dealkylation sites (tertiary alicyclic amines) is 1. The number of pyridine rings is 1. The summed E-state index contributed by atoms with van der Waals surface area (Å²) in [5.41, 5.74) is 0.954. The van der Waals surface area contributed by atoms with Crippen LogP contribution in [-0.2, 0) is 16.0 Å². The number of rotatable bonds is 8. The molecule has 1 atom stereocenters. The fourth-order valence-corrected chi connectivity index (χ4v) is 3.14. The number of hydrogen-bond acceptors (Lipinski definition) is 4. The lowest BCUT2D eigenvalue weighted by Gasteiger charge is -2.32. The van der Waals surface area contributed by atoms with E-state index in [2.05, 4.69) is 10.3 Å². The number of nitrogens with zero attached hydrogens (tertiary/aromatic N) is 2. The minimum absolute atomic E-state index is 0.0120. The first-order valence-corrected chi connectivity index (χ1v) is 9.35. The lowest BCUT2D eigenvalue weighted by atomic mass is 9.96. The molecule has 1 N–H and O–H groups in total. The third-order valence-electron chi connectivity index (χ3n) is 4.65. The molecule has 1 aromatic carbocycles. The molecule has 2 amide bonds. The van der Waals surface area contributed by atoms with Crippen molar-refractivity contribution >= 4 is 11.8 Å². The van der Waals surface area contributed by atoms with Gasteiger partial charge in [0.2, 0.25) is 11.8 Å². The zero-order valence-corrected chi connectivity index (χ0v) is 15.3. The first-order valence-electron chi connectivity index (χ1n) is 9.35. The van der Waals surface area contributed by atoms with Crippen molar-refractivity contribution in [1.29, 1.82) is 0 Å². The number of piperidine rings is 1. The Balaban J connectivity index is 1.41. The van der Waals surface area contributed by atoms with Gasteiger partial charge in [-0.15, -0.1) is 0 Å². The molecule has 1 aliphatic heterocycles. The van der Waals surface area contributed by atoms with Crippen LogP contribution in [-0.4, -0.2) is 47.9 Å². The van der Waals surface area contributed by atoms with Gasteiger partial charge >= 0.3 is 0 Å². The molecule has 1 aliphatic rings. The lowest BCUT2D eigenvalue weighted by Crippen LogP contribution is -2.46. The maximum Gasteiger partial charge on any atom is 0.225 e. The van der Waals surface area contributed by atoms with E-state index in [0.29, 0.717) is 45.5 Å². The number of aromatic nitrogens is 1. The van der Waals surface area contributed by atoms with Crippen molar-refractivity contribution < 1.29 is 14.3 Å². The first-order chi connectivity index (χ1) is 13.2. The number of ether oxygens (including phenoxy) is 1. The Bertz CT molecular complexity index is 737. The molecule has 27 heavy (non-hydrogen) atoms. The molecule has 1 fully saturated rings. The summed E-state index contributed by atoms with van der Waals surface area (Å²) < 4.78 is 5.58. The Morgan fingerprint density at radius 3 is 2.78 bits per heavy atom. The van der Waals surface area contributed by atoms with E-state index in [1.807, 2.05) is 48.5 Å². The molecule has 0 aliphatic carbocycles. The van der Waals surface area contributed by atoms with Crippen LogP contribution < -0.4 is 10.1 Å². The highest BCUT2D eigenvalue weighted by Gasteiger charge is 2.29. The van der Waals surface area contributed by atoms with Gasteiger partial charge < -0.3 is 15.0 Å². The summed E-state index contributed by atoms with van der Waals surface area (Å²) in [7, 11) is 0. The summed E-state index contributed by atoms with van der Waals surface area (Å²) in [4.78, 5) is 30.6. The summed E-state index contributed by atoms with van der Waals surface area (Å²) >= 11 is 0. The van der Waals surface area contributed by atoms with Crippen LogP contribution in [0.1, 0.15) is 18.5 Å². The average Bonchev–Trinajstić information content (AvgIpc) is 2.72. The first kappa shape index (κ1) is 18.9. The van der Waals surface area contributed by atoms with E-state index < -0.39 is 0 Å². The van der Waals surface area contributed by atoms with Crippen molar-refractivity contribution in [1.82, 2.24) is 15.2 Å². The van der Waals surface area contributed by atoms with Gasteiger partial charge in [-0.2, -0.15) is 0 Å². The van der Waals surface area contributed by atoms with Crippen LogP contribution >= 0.6 is 0 Å². The number of carbonyl (C=O) groups is 2. The molecule has 0 bridgehead atoms. The van der Waals surface area contributed by atoms with E-state index in [-0.39, 0.29) is 17.7 Å². The fraction of sp³-hybridized carbons (Fsp3) is 0.381. The van der Waals surface area contributed by atoms with Crippen molar-refractivity contribution in [3.8, 4) is 5.75 Å². The molecule has 0 spiro atoms. The van der Waals surface area contributed by atoms with Crippen LogP contribution in [0.5, 0.6) is 5.75 Å². The Labute approximate surface area is 159 Å². The van der Waals surface area contributed by atoms with Gasteiger partial charge in [-0.05, 0) is 30.7 Å². The molecule has 6 heteroatoms. The molecular formula is C21H25N3O3. The molecule has 1 saturated heterocycles. The second-order valence-corrected chi connectivity index (χ2v) is 6.60. The molecule has 3 rings (SSSR count). The van der Waals surface area contributed by atoms with E-state index in [4.69, 9.17) is 4.74 Å². The van der Waals surface area contributed by atoms with Crippen LogP contribution in [0.2, 0.25) is 0 Å². The topological polar surface area (TPSA) is 71.5 Å². The van der Waals surface area contributed by atoms with Crippen molar-refractivity contribution in [2.75, 3.05) is 26.2 Å². The zero-order valence-electron chi connectivity index (χ0n) is 15.3. The highest BCUT2D eigenvalue weighted by molar-refractivity contribution is 5.83. The van der Waals surface area contributed by atoms with Gasteiger partial charge in [-0.3, -0.25) is 14.6 Å². The van der Waals surface area contributed by atoms with Crippen molar-refractivity contribution in [2.45, 2.75) is 19.3 Å². The molecular weight excluding hydrogens is 342 g/mol. The number of nitrogens with one attached hydrogen (secondary N) is 1. The summed E-state index contributed by atoms with van der Waals surface area (Å²) in [6, 6.07) is 15.3. The minimum Gasteiger partial charge on any atom is -0.492 e. The Morgan fingerprint density at radius 2 is 2.00 bits per heavy atom. The quantitative estimate of drug-likeness (QED) is 0.725. The summed E-state index contributed by atoms with van der Waals surface area (Å²) in [6.45, 7) is 1.94.